The second-order valence-corrected chi connectivity index (χ2v) is 8.39. The van der Waals surface area contributed by atoms with Gasteiger partial charge < -0.3 is 15.1 Å². The van der Waals surface area contributed by atoms with Crippen LogP contribution >= 0.6 is 0 Å². The molecule has 0 atom stereocenters. The molecule has 3 rings (SSSR count). The van der Waals surface area contributed by atoms with Gasteiger partial charge in [0.2, 0.25) is 5.91 Å². The highest BCUT2D eigenvalue weighted by molar-refractivity contribution is 6.27. The van der Waals surface area contributed by atoms with E-state index in [1.54, 1.807) is 0 Å². The van der Waals surface area contributed by atoms with Crippen LogP contribution in [0.4, 0.5) is 4.39 Å². The molecule has 1 amide bonds. The van der Waals surface area contributed by atoms with Crippen LogP contribution in [0.5, 0.6) is 0 Å². The predicted molar refractivity (Wildman–Crippen MR) is 126 cm³/mol. The summed E-state index contributed by atoms with van der Waals surface area (Å²) >= 11 is 0. The third kappa shape index (κ3) is 9.31. The lowest BCUT2D eigenvalue weighted by Crippen LogP contribution is -2.42. The van der Waals surface area contributed by atoms with Crippen LogP contribution in [-0.2, 0) is 27.5 Å². The number of carbonyl (C=O) groups is 3. The van der Waals surface area contributed by atoms with E-state index < -0.39 is 11.9 Å². The summed E-state index contributed by atoms with van der Waals surface area (Å²) in [5.74, 6) is -3.42. The number of piperidine rings is 1. The molecule has 0 bridgehead atoms. The van der Waals surface area contributed by atoms with Crippen LogP contribution in [0.2, 0.25) is 0 Å². The number of likely N-dealkylation sites (tertiary alicyclic amines) is 1. The fourth-order valence-corrected chi connectivity index (χ4v) is 3.86. The highest BCUT2D eigenvalue weighted by Crippen LogP contribution is 2.22. The van der Waals surface area contributed by atoms with Gasteiger partial charge in [-0.15, -0.1) is 0 Å². The van der Waals surface area contributed by atoms with Crippen molar-refractivity contribution in [3.63, 3.8) is 0 Å². The number of unbranched alkanes of at least 4 members (excludes halogenated alkanes) is 1. The van der Waals surface area contributed by atoms with Crippen molar-refractivity contribution in [1.29, 1.82) is 0 Å². The number of hydrogen-bond donors (Lipinski definition) is 2. The summed E-state index contributed by atoms with van der Waals surface area (Å²) in [7, 11) is 0. The molecule has 184 valence electrons. The molecule has 7 nitrogen and oxygen atoms in total. The van der Waals surface area contributed by atoms with Gasteiger partial charge >= 0.3 is 11.9 Å². The minimum atomic E-state index is -1.82. The maximum atomic E-state index is 13.2. The van der Waals surface area contributed by atoms with Crippen molar-refractivity contribution in [2.75, 3.05) is 19.6 Å². The monoisotopic (exact) mass is 472 g/mol. The molecule has 0 spiro atoms. The Bertz CT molecular complexity index is 901. The molecule has 0 unspecified atom stereocenters. The predicted octanol–water partition coefficient (Wildman–Crippen LogP) is 4.02. The quantitative estimate of drug-likeness (QED) is 0.563. The smallest absolute Gasteiger partial charge is 0.414 e. The molecule has 1 fully saturated rings. The molecular formula is C26H33FN2O5. The van der Waals surface area contributed by atoms with Gasteiger partial charge in [0, 0.05) is 25.6 Å². The van der Waals surface area contributed by atoms with E-state index in [-0.39, 0.29) is 11.7 Å². The normalized spacial score (nSPS) is 14.1. The first-order chi connectivity index (χ1) is 16.3. The number of hydrogen-bond acceptors (Lipinski definition) is 4. The van der Waals surface area contributed by atoms with Crippen LogP contribution in [0.1, 0.15) is 43.7 Å². The summed E-state index contributed by atoms with van der Waals surface area (Å²) in [6.45, 7) is 6.36. The number of amides is 1. The Balaban J connectivity index is 0.000000604. The Morgan fingerprint density at radius 1 is 0.941 bits per heavy atom. The van der Waals surface area contributed by atoms with E-state index in [1.165, 1.54) is 17.7 Å². The summed E-state index contributed by atoms with van der Waals surface area (Å²) in [4.78, 5) is 35.8. The lowest BCUT2D eigenvalue weighted by atomic mass is 9.94. The molecule has 1 aliphatic heterocycles. The third-order valence-electron chi connectivity index (χ3n) is 5.75. The molecule has 2 aromatic carbocycles. The van der Waals surface area contributed by atoms with E-state index in [4.69, 9.17) is 19.8 Å². The Morgan fingerprint density at radius 2 is 1.53 bits per heavy atom. The van der Waals surface area contributed by atoms with Gasteiger partial charge in [-0.1, -0.05) is 55.8 Å². The van der Waals surface area contributed by atoms with Gasteiger partial charge in [-0.25, -0.2) is 14.0 Å². The van der Waals surface area contributed by atoms with E-state index in [0.29, 0.717) is 12.5 Å². The van der Waals surface area contributed by atoms with Crippen molar-refractivity contribution in [3.8, 4) is 0 Å². The van der Waals surface area contributed by atoms with Crippen molar-refractivity contribution in [2.45, 2.75) is 45.7 Å². The topological polar surface area (TPSA) is 98.2 Å². The molecular weight excluding hydrogens is 439 g/mol. The summed E-state index contributed by atoms with van der Waals surface area (Å²) in [6.07, 6.45) is 3.94. The highest BCUT2D eigenvalue weighted by atomic mass is 19.1. The third-order valence-corrected chi connectivity index (χ3v) is 5.75. The first-order valence-corrected chi connectivity index (χ1v) is 11.6. The van der Waals surface area contributed by atoms with Gasteiger partial charge in [-0.3, -0.25) is 9.69 Å². The zero-order chi connectivity index (χ0) is 24.9. The van der Waals surface area contributed by atoms with E-state index in [2.05, 4.69) is 28.9 Å². The minimum Gasteiger partial charge on any atom is -0.473 e. The molecule has 2 aromatic rings. The van der Waals surface area contributed by atoms with Crippen molar-refractivity contribution >= 4 is 17.8 Å². The van der Waals surface area contributed by atoms with Crippen LogP contribution in [0.15, 0.2) is 54.6 Å². The number of carbonyl (C=O) groups excluding carboxylic acids is 1. The molecule has 1 aliphatic rings. The van der Waals surface area contributed by atoms with Crippen LogP contribution < -0.4 is 0 Å². The lowest BCUT2D eigenvalue weighted by Gasteiger charge is -2.34. The van der Waals surface area contributed by atoms with Gasteiger partial charge in [-0.2, -0.15) is 0 Å². The minimum absolute atomic E-state index is 0.116. The fraction of sp³-hybridized carbons (Fsp3) is 0.423. The van der Waals surface area contributed by atoms with Crippen LogP contribution in [-0.4, -0.2) is 57.5 Å². The summed E-state index contributed by atoms with van der Waals surface area (Å²) in [5, 5.41) is 14.8. The maximum Gasteiger partial charge on any atom is 0.414 e. The second kappa shape index (κ2) is 14.1. The molecule has 1 heterocycles. The zero-order valence-corrected chi connectivity index (χ0v) is 19.5. The molecule has 0 radical (unpaired) electrons. The van der Waals surface area contributed by atoms with Gasteiger partial charge in [0.15, 0.2) is 0 Å². The molecule has 1 saturated heterocycles. The van der Waals surface area contributed by atoms with Crippen molar-refractivity contribution < 1.29 is 29.0 Å². The van der Waals surface area contributed by atoms with Crippen LogP contribution in [0.3, 0.4) is 0 Å². The molecule has 8 heteroatoms. The number of carboxylic acids is 2. The molecule has 34 heavy (non-hydrogen) atoms. The molecule has 2 N–H and O–H groups in total. The van der Waals surface area contributed by atoms with Crippen molar-refractivity contribution in [1.82, 2.24) is 9.80 Å². The summed E-state index contributed by atoms with van der Waals surface area (Å²) in [6, 6.07) is 17.0. The largest absolute Gasteiger partial charge is 0.473 e. The maximum absolute atomic E-state index is 13.2. The van der Waals surface area contributed by atoms with E-state index in [0.717, 1.165) is 57.4 Å². The van der Waals surface area contributed by atoms with E-state index >= 15 is 0 Å². The molecule has 0 aliphatic carbocycles. The average Bonchev–Trinajstić information content (AvgIpc) is 2.84. The van der Waals surface area contributed by atoms with E-state index in [1.807, 2.05) is 30.3 Å². The summed E-state index contributed by atoms with van der Waals surface area (Å²) < 4.78 is 13.1. The van der Waals surface area contributed by atoms with Crippen LogP contribution in [0.25, 0.3) is 0 Å². The Hall–Kier alpha value is -3.26. The number of aliphatic carboxylic acids is 2. The Labute approximate surface area is 199 Å². The fourth-order valence-electron chi connectivity index (χ4n) is 3.86. The second-order valence-electron chi connectivity index (χ2n) is 8.39. The SMILES string of the molecule is CCCCN(Cc1ccccc1)C(=O)C1CCN(Cc2ccc(F)cc2)CC1.O=C(O)C(=O)O. The first kappa shape index (κ1) is 27.0. The average molecular weight is 473 g/mol. The molecule has 0 saturated carbocycles. The standard InChI is InChI=1S/C24H31FN2O.C2H2O4/c1-2-3-15-27(19-20-7-5-4-6-8-20)24(28)22-13-16-26(17-14-22)18-21-9-11-23(25)12-10-21;3-1(4)2(5)6/h4-12,22H,2-3,13-19H2,1H3;(H,3,4)(H,5,6). The van der Waals surface area contributed by atoms with Gasteiger partial charge in [0.05, 0.1) is 0 Å². The van der Waals surface area contributed by atoms with Gasteiger partial charge in [0.1, 0.15) is 5.82 Å². The first-order valence-electron chi connectivity index (χ1n) is 11.6. The number of nitrogens with zero attached hydrogens (tertiary/aromatic N) is 2. The summed E-state index contributed by atoms with van der Waals surface area (Å²) in [5.41, 5.74) is 2.32. The lowest BCUT2D eigenvalue weighted by molar-refractivity contribution is -0.159. The number of halogens is 1. The van der Waals surface area contributed by atoms with Crippen LogP contribution in [0, 0.1) is 11.7 Å². The van der Waals surface area contributed by atoms with Crippen molar-refractivity contribution in [3.05, 3.63) is 71.5 Å². The van der Waals surface area contributed by atoms with Crippen molar-refractivity contribution in [2.24, 2.45) is 5.92 Å². The van der Waals surface area contributed by atoms with Gasteiger partial charge in [-0.05, 0) is 55.6 Å². The number of benzene rings is 2. The Kier molecular flexibility index (Phi) is 11.2. The van der Waals surface area contributed by atoms with Gasteiger partial charge in [0.25, 0.3) is 0 Å². The van der Waals surface area contributed by atoms with E-state index in [9.17, 15) is 9.18 Å². The Morgan fingerprint density at radius 3 is 2.06 bits per heavy atom. The zero-order valence-electron chi connectivity index (χ0n) is 19.5. The highest BCUT2D eigenvalue weighted by Gasteiger charge is 2.28. The molecule has 0 aromatic heterocycles. The number of rotatable bonds is 8. The number of carboxylic acid groups (broad SMARTS) is 2.